The largest absolute Gasteiger partial charge is 0.301 e. The van der Waals surface area contributed by atoms with Gasteiger partial charge in [0.05, 0.1) is 0 Å². The van der Waals surface area contributed by atoms with Crippen LogP contribution in [0.15, 0.2) is 12.3 Å². The second-order valence-corrected chi connectivity index (χ2v) is 5.10. The summed E-state index contributed by atoms with van der Waals surface area (Å²) in [5.41, 5.74) is 1.06. The van der Waals surface area contributed by atoms with E-state index in [4.69, 9.17) is 23.2 Å². The molecule has 1 aliphatic rings. The van der Waals surface area contributed by atoms with Gasteiger partial charge in [0.1, 0.15) is 5.15 Å². The fraction of sp³-hybridized carbons (Fsp3) is 0.583. The van der Waals surface area contributed by atoms with Crippen molar-refractivity contribution >= 4 is 23.2 Å². The average Bonchev–Trinajstić information content (AvgIpc) is 2.34. The van der Waals surface area contributed by atoms with Crippen LogP contribution >= 0.6 is 23.2 Å². The molecule has 1 aliphatic heterocycles. The second-order valence-electron chi connectivity index (χ2n) is 4.31. The highest BCUT2D eigenvalue weighted by atomic mass is 35.5. The highest BCUT2D eigenvalue weighted by molar-refractivity contribution is 6.34. The van der Waals surface area contributed by atoms with Gasteiger partial charge in [-0.05, 0) is 12.6 Å². The van der Waals surface area contributed by atoms with Crippen molar-refractivity contribution in [2.45, 2.75) is 13.5 Å². The third-order valence-electron chi connectivity index (χ3n) is 3.20. The van der Waals surface area contributed by atoms with E-state index in [0.29, 0.717) is 10.2 Å². The van der Waals surface area contributed by atoms with Gasteiger partial charge in [0.2, 0.25) is 0 Å². The third-order valence-corrected chi connectivity index (χ3v) is 3.76. The summed E-state index contributed by atoms with van der Waals surface area (Å²) >= 11 is 11.9. The van der Waals surface area contributed by atoms with Crippen LogP contribution < -0.4 is 0 Å². The van der Waals surface area contributed by atoms with Crippen molar-refractivity contribution in [2.75, 3.05) is 32.7 Å². The van der Waals surface area contributed by atoms with Gasteiger partial charge in [0.15, 0.2) is 0 Å². The van der Waals surface area contributed by atoms with E-state index in [1.165, 1.54) is 0 Å². The molecule has 0 spiro atoms. The minimum Gasteiger partial charge on any atom is -0.301 e. The summed E-state index contributed by atoms with van der Waals surface area (Å²) in [5, 5.41) is 1.16. The number of piperazine rings is 1. The molecule has 0 aromatic carbocycles. The van der Waals surface area contributed by atoms with Crippen molar-refractivity contribution in [1.29, 1.82) is 0 Å². The molecule has 17 heavy (non-hydrogen) atoms. The van der Waals surface area contributed by atoms with Gasteiger partial charge in [0, 0.05) is 49.5 Å². The van der Waals surface area contributed by atoms with Crippen LogP contribution in [0.1, 0.15) is 12.5 Å². The molecule has 94 valence electrons. The first-order valence-electron chi connectivity index (χ1n) is 5.93. The lowest BCUT2D eigenvalue weighted by molar-refractivity contribution is 0.132. The van der Waals surface area contributed by atoms with E-state index in [1.807, 2.05) is 0 Å². The highest BCUT2D eigenvalue weighted by Crippen LogP contribution is 2.20. The van der Waals surface area contributed by atoms with E-state index in [2.05, 4.69) is 21.7 Å². The molecule has 1 aromatic rings. The van der Waals surface area contributed by atoms with Gasteiger partial charge in [-0.3, -0.25) is 4.90 Å². The molecule has 2 rings (SSSR count). The Kier molecular flexibility index (Phi) is 4.62. The topological polar surface area (TPSA) is 19.4 Å². The lowest BCUT2D eigenvalue weighted by atomic mass is 10.2. The van der Waals surface area contributed by atoms with Crippen LogP contribution in [-0.4, -0.2) is 47.5 Å². The number of hydrogen-bond acceptors (Lipinski definition) is 3. The second kappa shape index (κ2) is 6.01. The number of halogens is 2. The first-order valence-corrected chi connectivity index (χ1v) is 6.69. The van der Waals surface area contributed by atoms with Gasteiger partial charge in [-0.15, -0.1) is 0 Å². The van der Waals surface area contributed by atoms with E-state index in [9.17, 15) is 0 Å². The van der Waals surface area contributed by atoms with Gasteiger partial charge < -0.3 is 4.90 Å². The monoisotopic (exact) mass is 273 g/mol. The van der Waals surface area contributed by atoms with Gasteiger partial charge >= 0.3 is 0 Å². The Bertz CT molecular complexity index is 376. The van der Waals surface area contributed by atoms with Gasteiger partial charge in [-0.25, -0.2) is 4.98 Å². The van der Waals surface area contributed by atoms with Crippen LogP contribution in [0.5, 0.6) is 0 Å². The van der Waals surface area contributed by atoms with E-state index in [1.54, 1.807) is 12.3 Å². The molecule has 0 saturated carbocycles. The van der Waals surface area contributed by atoms with Crippen LogP contribution in [-0.2, 0) is 6.54 Å². The minimum absolute atomic E-state index is 0.453. The maximum atomic E-state index is 6.14. The molecule has 0 atom stereocenters. The lowest BCUT2D eigenvalue weighted by Gasteiger charge is -2.34. The van der Waals surface area contributed by atoms with E-state index in [-0.39, 0.29) is 0 Å². The van der Waals surface area contributed by atoms with Gasteiger partial charge in [-0.2, -0.15) is 0 Å². The van der Waals surface area contributed by atoms with Crippen molar-refractivity contribution in [1.82, 2.24) is 14.8 Å². The predicted octanol–water partition coefficient (Wildman–Crippen LogP) is 2.53. The Hall–Kier alpha value is -0.350. The Morgan fingerprint density at radius 3 is 2.41 bits per heavy atom. The van der Waals surface area contributed by atoms with Crippen LogP contribution in [0, 0.1) is 0 Å². The molecule has 1 saturated heterocycles. The maximum Gasteiger partial charge on any atom is 0.130 e. The molecule has 0 unspecified atom stereocenters. The zero-order chi connectivity index (χ0) is 12.3. The average molecular weight is 274 g/mol. The molecule has 0 amide bonds. The van der Waals surface area contributed by atoms with Crippen LogP contribution in [0.2, 0.25) is 10.2 Å². The van der Waals surface area contributed by atoms with E-state index >= 15 is 0 Å². The van der Waals surface area contributed by atoms with Crippen LogP contribution in [0.3, 0.4) is 0 Å². The zero-order valence-electron chi connectivity index (χ0n) is 9.99. The predicted molar refractivity (Wildman–Crippen MR) is 71.6 cm³/mol. The van der Waals surface area contributed by atoms with Crippen molar-refractivity contribution in [2.24, 2.45) is 0 Å². The summed E-state index contributed by atoms with van der Waals surface area (Å²) < 4.78 is 0. The fourth-order valence-electron chi connectivity index (χ4n) is 2.06. The SMILES string of the molecule is CCN1CCN(Cc2cnc(Cl)cc2Cl)CC1. The molecule has 0 N–H and O–H groups in total. The van der Waals surface area contributed by atoms with Crippen molar-refractivity contribution < 1.29 is 0 Å². The number of pyridine rings is 1. The molecule has 0 bridgehead atoms. The molecular weight excluding hydrogens is 257 g/mol. The van der Waals surface area contributed by atoms with E-state index in [0.717, 1.165) is 44.8 Å². The molecule has 1 fully saturated rings. The lowest BCUT2D eigenvalue weighted by Crippen LogP contribution is -2.45. The normalized spacial score (nSPS) is 18.5. The summed E-state index contributed by atoms with van der Waals surface area (Å²) in [4.78, 5) is 8.94. The quantitative estimate of drug-likeness (QED) is 0.790. The molecule has 2 heterocycles. The Labute approximate surface area is 112 Å². The number of hydrogen-bond donors (Lipinski definition) is 0. The van der Waals surface area contributed by atoms with Gasteiger partial charge in [-0.1, -0.05) is 30.1 Å². The third kappa shape index (κ3) is 3.55. The Morgan fingerprint density at radius 2 is 1.82 bits per heavy atom. The van der Waals surface area contributed by atoms with Crippen LogP contribution in [0.25, 0.3) is 0 Å². The molecule has 3 nitrogen and oxygen atoms in total. The Balaban J connectivity index is 1.93. The number of likely N-dealkylation sites (N-methyl/N-ethyl adjacent to an activating group) is 1. The van der Waals surface area contributed by atoms with Crippen molar-refractivity contribution in [3.8, 4) is 0 Å². The van der Waals surface area contributed by atoms with Crippen molar-refractivity contribution in [3.05, 3.63) is 28.0 Å². The molecular formula is C12H17Cl2N3. The molecule has 0 radical (unpaired) electrons. The summed E-state index contributed by atoms with van der Waals surface area (Å²) in [5.74, 6) is 0. The number of aromatic nitrogens is 1. The fourth-order valence-corrected chi connectivity index (χ4v) is 2.48. The summed E-state index contributed by atoms with van der Waals surface area (Å²) in [6.07, 6.45) is 1.77. The molecule has 5 heteroatoms. The highest BCUT2D eigenvalue weighted by Gasteiger charge is 2.16. The zero-order valence-corrected chi connectivity index (χ0v) is 11.5. The summed E-state index contributed by atoms with van der Waals surface area (Å²) in [6.45, 7) is 8.65. The van der Waals surface area contributed by atoms with Crippen molar-refractivity contribution in [3.63, 3.8) is 0 Å². The minimum atomic E-state index is 0.453. The number of nitrogens with zero attached hydrogens (tertiary/aromatic N) is 3. The standard InChI is InChI=1S/C12H17Cl2N3/c1-2-16-3-5-17(6-4-16)9-10-8-15-12(14)7-11(10)13/h7-8H,2-6,9H2,1H3. The van der Waals surface area contributed by atoms with Gasteiger partial charge in [0.25, 0.3) is 0 Å². The summed E-state index contributed by atoms with van der Waals surface area (Å²) in [6, 6.07) is 1.71. The summed E-state index contributed by atoms with van der Waals surface area (Å²) in [7, 11) is 0. The number of rotatable bonds is 3. The first-order chi connectivity index (χ1) is 8.19. The Morgan fingerprint density at radius 1 is 1.18 bits per heavy atom. The molecule has 0 aliphatic carbocycles. The first kappa shape index (κ1) is 13.1. The maximum absolute atomic E-state index is 6.14. The smallest absolute Gasteiger partial charge is 0.130 e. The molecule has 1 aromatic heterocycles. The van der Waals surface area contributed by atoms with E-state index < -0.39 is 0 Å². The van der Waals surface area contributed by atoms with Crippen LogP contribution in [0.4, 0.5) is 0 Å².